The Morgan fingerprint density at radius 3 is 2.71 bits per heavy atom. The molecule has 0 saturated carbocycles. The van der Waals surface area contributed by atoms with Crippen molar-refractivity contribution in [2.24, 2.45) is 0 Å². The second-order valence-corrected chi connectivity index (χ2v) is 4.56. The minimum atomic E-state index is -1.20. The highest BCUT2D eigenvalue weighted by molar-refractivity contribution is 7.81. The molecule has 1 saturated heterocycles. The summed E-state index contributed by atoms with van der Waals surface area (Å²) in [6, 6.07) is 3.50. The molecule has 0 spiro atoms. The third-order valence-corrected chi connectivity index (χ3v) is 2.94. The van der Waals surface area contributed by atoms with Gasteiger partial charge in [-0.05, 0) is 18.2 Å². The molecule has 1 aliphatic rings. The second kappa shape index (κ2) is 4.37. The van der Waals surface area contributed by atoms with Gasteiger partial charge in [0.2, 0.25) is 5.91 Å². The fourth-order valence-electron chi connectivity index (χ4n) is 1.78. The predicted molar refractivity (Wildman–Crippen MR) is 63.1 cm³/mol. The highest BCUT2D eigenvalue weighted by Crippen LogP contribution is 2.27. The van der Waals surface area contributed by atoms with Crippen LogP contribution in [0.15, 0.2) is 18.2 Å². The van der Waals surface area contributed by atoms with Crippen LogP contribution in [0.3, 0.4) is 0 Å². The molecular weight excluding hydrogens is 245 g/mol. The van der Waals surface area contributed by atoms with Gasteiger partial charge in [0, 0.05) is 18.2 Å². The Balaban J connectivity index is 2.34. The van der Waals surface area contributed by atoms with Gasteiger partial charge in [0.25, 0.3) is 0 Å². The molecule has 0 bridgehead atoms. The zero-order valence-corrected chi connectivity index (χ0v) is 9.65. The van der Waals surface area contributed by atoms with Gasteiger partial charge in [0.1, 0.15) is 5.82 Å². The fourth-order valence-corrected chi connectivity index (χ4v) is 2.10. The Morgan fingerprint density at radius 2 is 2.24 bits per heavy atom. The average Bonchev–Trinajstić information content (AvgIpc) is 2.57. The van der Waals surface area contributed by atoms with Gasteiger partial charge in [-0.2, -0.15) is 12.6 Å². The van der Waals surface area contributed by atoms with E-state index in [2.05, 4.69) is 12.6 Å². The Morgan fingerprint density at radius 1 is 1.53 bits per heavy atom. The van der Waals surface area contributed by atoms with Crippen molar-refractivity contribution in [3.05, 3.63) is 29.6 Å². The molecule has 17 heavy (non-hydrogen) atoms. The number of aromatic carboxylic acids is 1. The summed E-state index contributed by atoms with van der Waals surface area (Å²) < 4.78 is 13.7. The van der Waals surface area contributed by atoms with Crippen LogP contribution in [0, 0.1) is 5.82 Å². The summed E-state index contributed by atoms with van der Waals surface area (Å²) in [5, 5.41) is 8.59. The zero-order chi connectivity index (χ0) is 12.6. The highest BCUT2D eigenvalue weighted by atomic mass is 32.1. The van der Waals surface area contributed by atoms with Crippen LogP contribution in [-0.4, -0.2) is 28.8 Å². The van der Waals surface area contributed by atoms with E-state index in [0.29, 0.717) is 6.54 Å². The largest absolute Gasteiger partial charge is 0.478 e. The minimum absolute atomic E-state index is 0.108. The third kappa shape index (κ3) is 2.26. The number of carboxylic acids is 1. The van der Waals surface area contributed by atoms with E-state index in [1.807, 2.05) is 0 Å². The summed E-state index contributed by atoms with van der Waals surface area (Å²) in [6.45, 7) is 0.339. The van der Waals surface area contributed by atoms with E-state index in [4.69, 9.17) is 5.11 Å². The lowest BCUT2D eigenvalue weighted by atomic mass is 10.2. The molecule has 0 aromatic heterocycles. The van der Waals surface area contributed by atoms with E-state index in [1.54, 1.807) is 0 Å². The van der Waals surface area contributed by atoms with Crippen molar-refractivity contribution < 1.29 is 19.1 Å². The van der Waals surface area contributed by atoms with E-state index < -0.39 is 11.8 Å². The second-order valence-electron chi connectivity index (χ2n) is 3.83. The molecular formula is C11H10FNO3S. The number of hydrogen-bond acceptors (Lipinski definition) is 3. The average molecular weight is 255 g/mol. The summed E-state index contributed by atoms with van der Waals surface area (Å²) in [5.74, 6) is -2.11. The zero-order valence-electron chi connectivity index (χ0n) is 8.76. The molecule has 1 N–H and O–H groups in total. The quantitative estimate of drug-likeness (QED) is 0.788. The van der Waals surface area contributed by atoms with Crippen LogP contribution in [-0.2, 0) is 4.79 Å². The lowest BCUT2D eigenvalue weighted by Gasteiger charge is -2.16. The van der Waals surface area contributed by atoms with Crippen LogP contribution in [0.4, 0.5) is 10.1 Å². The number of carbonyl (C=O) groups excluding carboxylic acids is 1. The van der Waals surface area contributed by atoms with Gasteiger partial charge in [-0.3, -0.25) is 4.79 Å². The number of thiol groups is 1. The first-order chi connectivity index (χ1) is 7.99. The van der Waals surface area contributed by atoms with Gasteiger partial charge >= 0.3 is 5.97 Å². The van der Waals surface area contributed by atoms with Crippen LogP contribution in [0.25, 0.3) is 0 Å². The van der Waals surface area contributed by atoms with Crippen molar-refractivity contribution in [1.29, 1.82) is 0 Å². The Labute approximate surface area is 102 Å². The normalized spacial score (nSPS) is 19.8. The number of carboxylic acid groups (broad SMARTS) is 1. The molecule has 0 radical (unpaired) electrons. The molecule has 6 heteroatoms. The number of halogens is 1. The lowest BCUT2D eigenvalue weighted by molar-refractivity contribution is -0.117. The first-order valence-corrected chi connectivity index (χ1v) is 5.52. The summed E-state index contributed by atoms with van der Waals surface area (Å²) >= 11 is 4.17. The standard InChI is InChI=1S/C11H10FNO3S/c12-8-3-6(11(15)16)1-2-9(8)13-5-7(17)4-10(13)14/h1-3,7,17H,4-5H2,(H,15,16). The molecule has 1 amide bonds. The number of anilines is 1. The summed E-state index contributed by atoms with van der Waals surface area (Å²) in [5.41, 5.74) is -0.0307. The number of carbonyl (C=O) groups is 2. The van der Waals surface area contributed by atoms with Crippen LogP contribution in [0.1, 0.15) is 16.8 Å². The SMILES string of the molecule is O=C(O)c1ccc(N2CC(S)CC2=O)c(F)c1. The molecule has 0 aliphatic carbocycles. The lowest BCUT2D eigenvalue weighted by Crippen LogP contribution is -2.25. The fraction of sp³-hybridized carbons (Fsp3) is 0.273. The van der Waals surface area contributed by atoms with Crippen LogP contribution < -0.4 is 4.90 Å². The summed E-state index contributed by atoms with van der Waals surface area (Å²) in [4.78, 5) is 23.5. The Kier molecular flexibility index (Phi) is 3.06. The van der Waals surface area contributed by atoms with Gasteiger partial charge in [-0.25, -0.2) is 9.18 Å². The molecule has 1 aromatic rings. The van der Waals surface area contributed by atoms with E-state index in [0.717, 1.165) is 6.07 Å². The third-order valence-electron chi connectivity index (χ3n) is 2.59. The predicted octanol–water partition coefficient (Wildman–Crippen LogP) is 1.56. The number of benzene rings is 1. The molecule has 2 rings (SSSR count). The maximum Gasteiger partial charge on any atom is 0.335 e. The first kappa shape index (κ1) is 11.9. The summed E-state index contributed by atoms with van der Waals surface area (Å²) in [6.07, 6.45) is 0.267. The monoisotopic (exact) mass is 255 g/mol. The smallest absolute Gasteiger partial charge is 0.335 e. The molecule has 1 heterocycles. The number of hydrogen-bond donors (Lipinski definition) is 2. The van der Waals surface area contributed by atoms with Crippen molar-refractivity contribution in [2.45, 2.75) is 11.7 Å². The van der Waals surface area contributed by atoms with E-state index in [1.165, 1.54) is 17.0 Å². The molecule has 1 fully saturated rings. The first-order valence-electron chi connectivity index (χ1n) is 5.00. The van der Waals surface area contributed by atoms with Crippen LogP contribution in [0.2, 0.25) is 0 Å². The molecule has 1 aliphatic heterocycles. The molecule has 90 valence electrons. The van der Waals surface area contributed by atoms with Gasteiger partial charge in [-0.15, -0.1) is 0 Å². The van der Waals surface area contributed by atoms with Crippen molar-refractivity contribution in [3.63, 3.8) is 0 Å². The van der Waals surface area contributed by atoms with Gasteiger partial charge in [0.05, 0.1) is 11.3 Å². The van der Waals surface area contributed by atoms with Gasteiger partial charge in [-0.1, -0.05) is 0 Å². The maximum absolute atomic E-state index is 13.7. The van der Waals surface area contributed by atoms with E-state index in [-0.39, 0.29) is 28.8 Å². The molecule has 1 aromatic carbocycles. The van der Waals surface area contributed by atoms with Crippen molar-refractivity contribution in [1.82, 2.24) is 0 Å². The Bertz CT molecular complexity index is 492. The van der Waals surface area contributed by atoms with E-state index in [9.17, 15) is 14.0 Å². The summed E-state index contributed by atoms with van der Waals surface area (Å²) in [7, 11) is 0. The minimum Gasteiger partial charge on any atom is -0.478 e. The maximum atomic E-state index is 13.7. The number of rotatable bonds is 2. The van der Waals surface area contributed by atoms with Crippen molar-refractivity contribution in [2.75, 3.05) is 11.4 Å². The van der Waals surface area contributed by atoms with Gasteiger partial charge in [0.15, 0.2) is 0 Å². The van der Waals surface area contributed by atoms with Gasteiger partial charge < -0.3 is 10.0 Å². The van der Waals surface area contributed by atoms with Crippen molar-refractivity contribution >= 4 is 30.2 Å². The van der Waals surface area contributed by atoms with E-state index >= 15 is 0 Å². The molecule has 1 atom stereocenters. The topological polar surface area (TPSA) is 57.6 Å². The highest BCUT2D eigenvalue weighted by Gasteiger charge is 2.30. The molecule has 1 unspecified atom stereocenters. The molecule has 4 nitrogen and oxygen atoms in total. The Hall–Kier alpha value is -1.56. The number of amides is 1. The number of nitrogens with zero attached hydrogens (tertiary/aromatic N) is 1. The van der Waals surface area contributed by atoms with Crippen LogP contribution >= 0.6 is 12.6 Å². The van der Waals surface area contributed by atoms with Crippen molar-refractivity contribution in [3.8, 4) is 0 Å². The van der Waals surface area contributed by atoms with Crippen LogP contribution in [0.5, 0.6) is 0 Å².